The monoisotopic (exact) mass is 190 g/mol. The Morgan fingerprint density at radius 3 is 2.36 bits per heavy atom. The van der Waals surface area contributed by atoms with Gasteiger partial charge in [-0.15, -0.1) is 0 Å². The van der Waals surface area contributed by atoms with Gasteiger partial charge in [0.2, 0.25) is 0 Å². The summed E-state index contributed by atoms with van der Waals surface area (Å²) in [7, 11) is 0. The van der Waals surface area contributed by atoms with Crippen molar-refractivity contribution in [2.45, 2.75) is 26.8 Å². The van der Waals surface area contributed by atoms with E-state index in [1.807, 2.05) is 12.3 Å². The second kappa shape index (κ2) is 4.34. The Labute approximate surface area is 86.4 Å². The van der Waals surface area contributed by atoms with Gasteiger partial charge >= 0.3 is 0 Å². The number of nitrogens with zero attached hydrogens (tertiary/aromatic N) is 1. The van der Waals surface area contributed by atoms with E-state index in [0.29, 0.717) is 11.8 Å². The fraction of sp³-hybridized carbons (Fsp3) is 0.500. The molecule has 14 heavy (non-hydrogen) atoms. The molecule has 0 spiro atoms. The van der Waals surface area contributed by atoms with Gasteiger partial charge in [-0.2, -0.15) is 0 Å². The summed E-state index contributed by atoms with van der Waals surface area (Å²) >= 11 is 0. The van der Waals surface area contributed by atoms with Gasteiger partial charge in [-0.05, 0) is 18.4 Å². The first-order valence-electron chi connectivity index (χ1n) is 4.94. The summed E-state index contributed by atoms with van der Waals surface area (Å²) in [6, 6.07) is 0.240. The van der Waals surface area contributed by atoms with Crippen molar-refractivity contribution in [1.82, 2.24) is 5.01 Å². The minimum atomic E-state index is 0.240. The van der Waals surface area contributed by atoms with Crippen LogP contribution in [0.4, 0.5) is 0 Å². The van der Waals surface area contributed by atoms with Gasteiger partial charge in [0, 0.05) is 6.20 Å². The topological polar surface area (TPSA) is 29.3 Å². The average Bonchev–Trinajstić information content (AvgIpc) is 2.95. The minimum Gasteiger partial charge on any atom is -0.313 e. The van der Waals surface area contributed by atoms with E-state index in [9.17, 15) is 0 Å². The molecule has 0 saturated carbocycles. The summed E-state index contributed by atoms with van der Waals surface area (Å²) < 4.78 is 0. The molecule has 0 fully saturated rings. The summed E-state index contributed by atoms with van der Waals surface area (Å²) in [5.41, 5.74) is 1.15. The number of nitrogens with two attached hydrogens (primary N) is 1. The van der Waals surface area contributed by atoms with Crippen LogP contribution >= 0.6 is 0 Å². The van der Waals surface area contributed by atoms with E-state index in [-0.39, 0.29) is 6.04 Å². The molecule has 0 heterocycles. The molecule has 0 saturated heterocycles. The first-order chi connectivity index (χ1) is 6.56. The van der Waals surface area contributed by atoms with Crippen molar-refractivity contribution >= 4 is 0 Å². The smallest absolute Gasteiger partial charge is 0.103 e. The van der Waals surface area contributed by atoms with Gasteiger partial charge in [-0.3, -0.25) is 0 Å². The molecule has 0 radical (unpaired) electrons. The molecule has 1 rings (SSSR count). The molecule has 1 aliphatic rings. The van der Waals surface area contributed by atoms with Crippen LogP contribution in [0, 0.1) is 23.7 Å². The van der Waals surface area contributed by atoms with Crippen LogP contribution in [0.25, 0.3) is 0 Å². The molecule has 0 aliphatic heterocycles. The molecular formula is C12H18N2. The van der Waals surface area contributed by atoms with Gasteiger partial charge in [-0.25, -0.2) is 5.84 Å². The lowest BCUT2D eigenvalue weighted by atomic mass is 10.0. The van der Waals surface area contributed by atoms with Crippen molar-refractivity contribution in [3.63, 3.8) is 0 Å². The van der Waals surface area contributed by atoms with Crippen molar-refractivity contribution in [3.05, 3.63) is 24.4 Å². The summed E-state index contributed by atoms with van der Waals surface area (Å²) in [4.78, 5) is 0. The summed E-state index contributed by atoms with van der Waals surface area (Å²) in [6.45, 7) is 10.1. The Hall–Kier alpha value is -1.20. The van der Waals surface area contributed by atoms with Gasteiger partial charge in [0.15, 0.2) is 0 Å². The number of hydrogen-bond acceptors (Lipinski definition) is 2. The second-order valence-corrected chi connectivity index (χ2v) is 3.94. The number of hydrogen-bond donors (Lipinski definition) is 1. The van der Waals surface area contributed by atoms with Crippen molar-refractivity contribution in [2.24, 2.45) is 17.7 Å². The van der Waals surface area contributed by atoms with E-state index in [1.165, 1.54) is 0 Å². The molecule has 76 valence electrons. The molecule has 0 amide bonds. The zero-order valence-corrected chi connectivity index (χ0v) is 9.12. The Balaban J connectivity index is 2.58. The van der Waals surface area contributed by atoms with Crippen LogP contribution in [-0.4, -0.2) is 11.1 Å². The molecule has 1 atom stereocenters. The summed E-state index contributed by atoms with van der Waals surface area (Å²) in [5.74, 6) is 12.7. The Morgan fingerprint density at radius 2 is 2.00 bits per heavy atom. The summed E-state index contributed by atoms with van der Waals surface area (Å²) in [5, 5.41) is 1.72. The van der Waals surface area contributed by atoms with E-state index in [0.717, 1.165) is 5.57 Å². The van der Waals surface area contributed by atoms with E-state index in [2.05, 4.69) is 39.2 Å². The fourth-order valence-corrected chi connectivity index (χ4v) is 1.19. The van der Waals surface area contributed by atoms with Crippen molar-refractivity contribution < 1.29 is 0 Å². The molecule has 2 nitrogen and oxygen atoms in total. The normalized spacial score (nSPS) is 17.4. The number of hydrazine groups is 1. The zero-order chi connectivity index (χ0) is 10.7. The second-order valence-electron chi connectivity index (χ2n) is 3.94. The Bertz CT molecular complexity index is 296. The van der Waals surface area contributed by atoms with E-state index in [4.69, 9.17) is 5.84 Å². The molecule has 0 bridgehead atoms. The number of rotatable bonds is 5. The van der Waals surface area contributed by atoms with Crippen molar-refractivity contribution in [2.75, 3.05) is 0 Å². The maximum absolute atomic E-state index is 5.90. The van der Waals surface area contributed by atoms with E-state index in [1.54, 1.807) is 5.01 Å². The first kappa shape index (κ1) is 10.9. The van der Waals surface area contributed by atoms with Crippen molar-refractivity contribution in [1.29, 1.82) is 0 Å². The molecule has 1 aliphatic carbocycles. The average molecular weight is 190 g/mol. The van der Waals surface area contributed by atoms with Crippen LogP contribution in [0.1, 0.15) is 20.8 Å². The maximum atomic E-state index is 5.90. The lowest BCUT2D eigenvalue weighted by Gasteiger charge is -2.23. The Morgan fingerprint density at radius 1 is 1.43 bits per heavy atom. The molecule has 0 aromatic carbocycles. The van der Waals surface area contributed by atoms with Crippen molar-refractivity contribution in [3.8, 4) is 11.8 Å². The zero-order valence-electron chi connectivity index (χ0n) is 9.12. The van der Waals surface area contributed by atoms with Crippen LogP contribution in [-0.2, 0) is 0 Å². The van der Waals surface area contributed by atoms with Gasteiger partial charge < -0.3 is 5.01 Å². The highest BCUT2D eigenvalue weighted by Gasteiger charge is 2.22. The lowest BCUT2D eigenvalue weighted by Crippen LogP contribution is -2.37. The third-order valence-electron chi connectivity index (χ3n) is 2.46. The third-order valence-corrected chi connectivity index (χ3v) is 2.46. The molecule has 0 aromatic heterocycles. The standard InChI is InChI=1S/C12H18N2/c1-5-11(9(2)3)8-14(13)10(4)12-6-7-12/h5,8-10,12H,1,13H2,2-4H3/b11-8+. The van der Waals surface area contributed by atoms with Crippen LogP contribution in [0.2, 0.25) is 0 Å². The van der Waals surface area contributed by atoms with Gasteiger partial charge in [0.05, 0.1) is 6.04 Å². The molecular weight excluding hydrogens is 172 g/mol. The molecule has 2 heteroatoms. The quantitative estimate of drug-likeness (QED) is 0.310. The van der Waals surface area contributed by atoms with E-state index >= 15 is 0 Å². The highest BCUT2D eigenvalue weighted by molar-refractivity contribution is 5.33. The molecule has 2 N–H and O–H groups in total. The summed E-state index contributed by atoms with van der Waals surface area (Å²) in [6.07, 6.45) is 3.80. The predicted octanol–water partition coefficient (Wildman–Crippen LogP) is 1.91. The highest BCUT2D eigenvalue weighted by Crippen LogP contribution is 2.17. The van der Waals surface area contributed by atoms with E-state index < -0.39 is 0 Å². The molecule has 0 aromatic rings. The van der Waals surface area contributed by atoms with Crippen LogP contribution in [0.3, 0.4) is 0 Å². The van der Waals surface area contributed by atoms with Crippen LogP contribution in [0.15, 0.2) is 24.4 Å². The maximum Gasteiger partial charge on any atom is 0.103 e. The molecule has 1 unspecified atom stereocenters. The SMILES string of the molecule is C=C/C(=C\N(N)C(C)C1C#C1)C(C)C. The Kier molecular flexibility index (Phi) is 3.38. The highest BCUT2D eigenvalue weighted by atomic mass is 15.4. The minimum absolute atomic E-state index is 0.240. The number of allylic oxidation sites excluding steroid dienone is 2. The van der Waals surface area contributed by atoms with Crippen LogP contribution in [0.5, 0.6) is 0 Å². The van der Waals surface area contributed by atoms with Crippen LogP contribution < -0.4 is 5.84 Å². The van der Waals surface area contributed by atoms with Gasteiger partial charge in [-0.1, -0.05) is 38.3 Å². The lowest BCUT2D eigenvalue weighted by molar-refractivity contribution is 0.285. The predicted molar refractivity (Wildman–Crippen MR) is 59.9 cm³/mol. The first-order valence-corrected chi connectivity index (χ1v) is 4.94. The third kappa shape index (κ3) is 2.65. The van der Waals surface area contributed by atoms with Gasteiger partial charge in [0.1, 0.15) is 5.92 Å². The fourth-order valence-electron chi connectivity index (χ4n) is 1.19. The van der Waals surface area contributed by atoms with Gasteiger partial charge in [0.25, 0.3) is 0 Å². The largest absolute Gasteiger partial charge is 0.313 e.